The van der Waals surface area contributed by atoms with Crippen LogP contribution in [0.25, 0.3) is 0 Å². The number of hydrogen-bond donors (Lipinski definition) is 4. The maximum atomic E-state index is 11.8. The third kappa shape index (κ3) is 1.25. The van der Waals surface area contributed by atoms with Crippen LogP contribution >= 0.6 is 0 Å². The van der Waals surface area contributed by atoms with Crippen molar-refractivity contribution < 1.29 is 29.9 Å². The van der Waals surface area contributed by atoms with Crippen LogP contribution in [-0.2, 0) is 9.47 Å². The fraction of sp³-hybridized carbons (Fsp3) is 0.900. The van der Waals surface area contributed by atoms with E-state index in [-0.39, 0.29) is 23.2 Å². The number of aliphatic hydroxyl groups excluding tert-OH is 3. The number of aliphatic hydroxyl groups is 4. The van der Waals surface area contributed by atoms with E-state index in [0.717, 1.165) is 19.3 Å². The normalized spacial score (nSPS) is 66.8. The van der Waals surface area contributed by atoms with Crippen LogP contribution in [0, 0.1) is 34.0 Å². The Bertz CT molecular complexity index is 721. The highest BCUT2D eigenvalue weighted by atomic mass is 16.8. The lowest BCUT2D eigenvalue weighted by Crippen LogP contribution is -2.91. The first-order chi connectivity index (χ1) is 12.1. The van der Waals surface area contributed by atoms with Crippen LogP contribution in [-0.4, -0.2) is 56.9 Å². The molecule has 0 aromatic rings. The Labute approximate surface area is 152 Å². The molecule has 8 fully saturated rings. The molecule has 0 aromatic carbocycles. The molecule has 0 aromatic heterocycles. The largest absolute Gasteiger partial charge is 0.393 e. The van der Waals surface area contributed by atoms with Gasteiger partial charge in [0.15, 0.2) is 6.29 Å². The van der Waals surface area contributed by atoms with Crippen LogP contribution in [0.3, 0.4) is 0 Å². The van der Waals surface area contributed by atoms with E-state index in [1.807, 2.05) is 0 Å². The summed E-state index contributed by atoms with van der Waals surface area (Å²) in [5, 5.41) is 45.7. The van der Waals surface area contributed by atoms with Crippen molar-refractivity contribution in [2.24, 2.45) is 34.0 Å². The third-order valence-corrected chi connectivity index (χ3v) is 9.27. The van der Waals surface area contributed by atoms with Crippen molar-refractivity contribution in [1.29, 1.82) is 0 Å². The molecule has 4 saturated carbocycles. The maximum Gasteiger partial charge on any atom is 0.206 e. The minimum Gasteiger partial charge on any atom is -0.393 e. The molecule has 8 aliphatic rings. The second-order valence-corrected chi connectivity index (χ2v) is 10.4. The SMILES string of the molecule is C=C1[C@@H](O)[C@@]23C4OC5O[C@]2(O)[C@@H](O)[C@@H]2C(C)(C)CCC[C@]52[C@@H]3[C@H](O)C[C@@H]14. The Kier molecular flexibility index (Phi) is 2.68. The summed E-state index contributed by atoms with van der Waals surface area (Å²) in [6.07, 6.45) is -0.831. The molecule has 0 amide bonds. The highest BCUT2D eigenvalue weighted by Gasteiger charge is 2.92. The quantitative estimate of drug-likeness (QED) is 0.468. The topological polar surface area (TPSA) is 99.4 Å². The molecule has 2 unspecified atom stereocenters. The average molecular weight is 364 g/mol. The van der Waals surface area contributed by atoms with Crippen LogP contribution in [0.5, 0.6) is 0 Å². The summed E-state index contributed by atoms with van der Waals surface area (Å²) in [5.74, 6) is -2.76. The summed E-state index contributed by atoms with van der Waals surface area (Å²) in [6.45, 7) is 8.31. The van der Waals surface area contributed by atoms with E-state index in [1.165, 1.54) is 0 Å². The molecule has 4 aliphatic carbocycles. The molecule has 26 heavy (non-hydrogen) atoms. The van der Waals surface area contributed by atoms with Gasteiger partial charge < -0.3 is 29.9 Å². The van der Waals surface area contributed by atoms with Gasteiger partial charge in [-0.2, -0.15) is 0 Å². The zero-order chi connectivity index (χ0) is 18.4. The first-order valence-corrected chi connectivity index (χ1v) is 9.92. The van der Waals surface area contributed by atoms with Crippen LogP contribution in [0.1, 0.15) is 39.5 Å². The van der Waals surface area contributed by atoms with Gasteiger partial charge in [-0.25, -0.2) is 0 Å². The average Bonchev–Trinajstić information content (AvgIpc) is 2.70. The predicted molar refractivity (Wildman–Crippen MR) is 89.4 cm³/mol. The summed E-state index contributed by atoms with van der Waals surface area (Å²) in [4.78, 5) is 0. The monoisotopic (exact) mass is 364 g/mol. The van der Waals surface area contributed by atoms with Gasteiger partial charge in [0.2, 0.25) is 5.79 Å². The van der Waals surface area contributed by atoms with E-state index in [1.54, 1.807) is 0 Å². The van der Waals surface area contributed by atoms with E-state index in [9.17, 15) is 20.4 Å². The highest BCUT2D eigenvalue weighted by Crippen LogP contribution is 2.82. The molecule has 8 rings (SSSR count). The lowest BCUT2D eigenvalue weighted by atomic mass is 9.34. The van der Waals surface area contributed by atoms with Crippen molar-refractivity contribution in [2.45, 2.75) is 76.0 Å². The summed E-state index contributed by atoms with van der Waals surface area (Å²) in [5.41, 5.74) is -1.47. The van der Waals surface area contributed by atoms with Gasteiger partial charge in [-0.3, -0.25) is 0 Å². The van der Waals surface area contributed by atoms with Crippen molar-refractivity contribution in [3.05, 3.63) is 12.2 Å². The number of rotatable bonds is 0. The molecule has 4 N–H and O–H groups in total. The van der Waals surface area contributed by atoms with E-state index >= 15 is 0 Å². The van der Waals surface area contributed by atoms with Crippen LogP contribution in [0.2, 0.25) is 0 Å². The molecule has 4 heterocycles. The van der Waals surface area contributed by atoms with Gasteiger partial charge in [-0.15, -0.1) is 0 Å². The lowest BCUT2D eigenvalue weighted by molar-refractivity contribution is -0.570. The maximum absolute atomic E-state index is 11.8. The molecule has 6 nitrogen and oxygen atoms in total. The molecule has 7 bridgehead atoms. The van der Waals surface area contributed by atoms with Gasteiger partial charge in [0.05, 0.1) is 23.7 Å². The van der Waals surface area contributed by atoms with Crippen LogP contribution in [0.15, 0.2) is 12.2 Å². The zero-order valence-electron chi connectivity index (χ0n) is 15.3. The Hall–Kier alpha value is -0.500. The second-order valence-electron chi connectivity index (χ2n) is 10.4. The summed E-state index contributed by atoms with van der Waals surface area (Å²) in [6, 6.07) is 0. The first kappa shape index (κ1) is 16.5. The van der Waals surface area contributed by atoms with Crippen molar-refractivity contribution >= 4 is 0 Å². The fourth-order valence-electron chi connectivity index (χ4n) is 8.75. The van der Waals surface area contributed by atoms with Gasteiger partial charge in [0.1, 0.15) is 6.10 Å². The minimum absolute atomic E-state index is 0.216. The van der Waals surface area contributed by atoms with Crippen molar-refractivity contribution in [3.8, 4) is 0 Å². The molecular weight excluding hydrogens is 336 g/mol. The van der Waals surface area contributed by atoms with E-state index < -0.39 is 47.3 Å². The number of hydrogen-bond acceptors (Lipinski definition) is 6. The van der Waals surface area contributed by atoms with Crippen LogP contribution < -0.4 is 0 Å². The van der Waals surface area contributed by atoms with Crippen LogP contribution in [0.4, 0.5) is 0 Å². The van der Waals surface area contributed by atoms with Gasteiger partial charge in [-0.1, -0.05) is 26.8 Å². The zero-order valence-corrected chi connectivity index (χ0v) is 15.3. The summed E-state index contributed by atoms with van der Waals surface area (Å²) >= 11 is 0. The van der Waals surface area contributed by atoms with Gasteiger partial charge >= 0.3 is 0 Å². The third-order valence-electron chi connectivity index (χ3n) is 9.27. The summed E-state index contributed by atoms with van der Waals surface area (Å²) in [7, 11) is 0. The standard InChI is InChI=1S/C20H28O6/c1-8-9-7-10(21)11-18-6-4-5-17(2,3)12(18)14(23)20(24)19(11,13(8)22)15(9)25-16(18)26-20/h9-16,21-24H,1,4-7H2,2-3H3/t9-,10+,11-,12+,13+,14-,15?,16?,18+,19-,20+/m0/s1. The highest BCUT2D eigenvalue weighted by molar-refractivity contribution is 5.41. The molecule has 6 heteroatoms. The smallest absolute Gasteiger partial charge is 0.206 e. The molecule has 144 valence electrons. The Morgan fingerprint density at radius 3 is 2.58 bits per heavy atom. The van der Waals surface area contributed by atoms with Crippen molar-refractivity contribution in [1.82, 2.24) is 0 Å². The molecule has 11 atom stereocenters. The lowest BCUT2D eigenvalue weighted by Gasteiger charge is -2.80. The van der Waals surface area contributed by atoms with Gasteiger partial charge in [0, 0.05) is 23.2 Å². The predicted octanol–water partition coefficient (Wildman–Crippen LogP) is 0.531. The van der Waals surface area contributed by atoms with Gasteiger partial charge in [-0.05, 0) is 30.3 Å². The van der Waals surface area contributed by atoms with Gasteiger partial charge in [0.25, 0.3) is 0 Å². The molecule has 4 saturated heterocycles. The molecular formula is C20H28O6. The molecule has 2 spiro atoms. The Morgan fingerprint density at radius 1 is 1.12 bits per heavy atom. The fourth-order valence-corrected chi connectivity index (χ4v) is 8.75. The summed E-state index contributed by atoms with van der Waals surface area (Å²) < 4.78 is 12.4. The number of ether oxygens (including phenoxy) is 2. The van der Waals surface area contributed by atoms with E-state index in [0.29, 0.717) is 12.0 Å². The second kappa shape index (κ2) is 4.24. The molecule has 4 aliphatic heterocycles. The Morgan fingerprint density at radius 2 is 1.85 bits per heavy atom. The van der Waals surface area contributed by atoms with E-state index in [4.69, 9.17) is 9.47 Å². The minimum atomic E-state index is -1.93. The Balaban J connectivity index is 1.69. The first-order valence-electron chi connectivity index (χ1n) is 9.92. The van der Waals surface area contributed by atoms with E-state index in [2.05, 4.69) is 20.4 Å². The molecule has 0 radical (unpaired) electrons. The van der Waals surface area contributed by atoms with Crippen molar-refractivity contribution in [2.75, 3.05) is 0 Å². The van der Waals surface area contributed by atoms with Crippen molar-refractivity contribution in [3.63, 3.8) is 0 Å².